The first kappa shape index (κ1) is 16.4. The van der Waals surface area contributed by atoms with Crippen molar-refractivity contribution in [1.29, 1.82) is 0 Å². The molecule has 24 heavy (non-hydrogen) atoms. The van der Waals surface area contributed by atoms with E-state index in [-0.39, 0.29) is 5.41 Å². The van der Waals surface area contributed by atoms with E-state index in [9.17, 15) is 9.90 Å². The molecule has 4 aliphatic carbocycles. The highest BCUT2D eigenvalue weighted by Gasteiger charge is 2.64. The van der Waals surface area contributed by atoms with Crippen LogP contribution in [0.2, 0.25) is 0 Å². The number of rotatable bonds is 1. The maximum absolute atomic E-state index is 11.9. The Morgan fingerprint density at radius 1 is 1.29 bits per heavy atom. The molecule has 4 aliphatic rings. The summed E-state index contributed by atoms with van der Waals surface area (Å²) in [5.74, 6) is 6.15. The molecule has 0 amide bonds. The summed E-state index contributed by atoms with van der Waals surface area (Å²) in [7, 11) is 0. The average Bonchev–Trinajstić information content (AvgIpc) is 2.88. The van der Waals surface area contributed by atoms with Crippen molar-refractivity contribution in [3.05, 3.63) is 12.2 Å². The van der Waals surface area contributed by atoms with E-state index in [0.29, 0.717) is 35.4 Å². The second kappa shape index (κ2) is 5.46. The average molecular weight is 326 g/mol. The lowest BCUT2D eigenvalue weighted by atomic mass is 9.47. The monoisotopic (exact) mass is 326 g/mol. The molecule has 0 bridgehead atoms. The second-order valence-corrected chi connectivity index (χ2v) is 8.97. The van der Waals surface area contributed by atoms with E-state index in [1.54, 1.807) is 0 Å². The molecule has 0 heterocycles. The van der Waals surface area contributed by atoms with E-state index in [0.717, 1.165) is 44.9 Å². The van der Waals surface area contributed by atoms with E-state index < -0.39 is 5.60 Å². The standard InChI is InChI=1S/C22H30O2/c1-4-21-13-14(3)20-17-9-7-16(23)12-15(17)6-8-18(20)19(21)10-11-22(21,24)5-2/h2,15,17-20,24H,3-4,6-13H2,1H3/t15-,17-,18-,19-,20+,21-,22-/m0/s1. The summed E-state index contributed by atoms with van der Waals surface area (Å²) in [6.07, 6.45) is 14.4. The van der Waals surface area contributed by atoms with Crippen LogP contribution in [0.3, 0.4) is 0 Å². The van der Waals surface area contributed by atoms with Gasteiger partial charge in [-0.1, -0.05) is 25.0 Å². The quantitative estimate of drug-likeness (QED) is 0.581. The number of hydrogen-bond donors (Lipinski definition) is 1. The summed E-state index contributed by atoms with van der Waals surface area (Å²) < 4.78 is 0. The van der Waals surface area contributed by atoms with Crippen LogP contribution in [0.4, 0.5) is 0 Å². The van der Waals surface area contributed by atoms with Crippen LogP contribution >= 0.6 is 0 Å². The number of carbonyl (C=O) groups is 1. The van der Waals surface area contributed by atoms with Crippen LogP contribution in [0.1, 0.15) is 64.7 Å². The maximum atomic E-state index is 11.9. The van der Waals surface area contributed by atoms with Gasteiger partial charge in [-0.2, -0.15) is 0 Å². The first-order valence-corrected chi connectivity index (χ1v) is 9.85. The number of fused-ring (bicyclic) bond motifs is 5. The molecule has 2 heteroatoms. The molecule has 4 saturated carbocycles. The third-order valence-corrected chi connectivity index (χ3v) is 8.40. The molecule has 1 N–H and O–H groups in total. The van der Waals surface area contributed by atoms with E-state index in [2.05, 4.69) is 19.4 Å². The molecule has 4 rings (SSSR count). The van der Waals surface area contributed by atoms with Crippen LogP contribution in [-0.2, 0) is 4.79 Å². The number of Topliss-reactive ketones (excluding diaryl/α,β-unsaturated/α-hetero) is 1. The lowest BCUT2D eigenvalue weighted by Gasteiger charge is -2.58. The summed E-state index contributed by atoms with van der Waals surface area (Å²) in [6, 6.07) is 0. The van der Waals surface area contributed by atoms with Gasteiger partial charge >= 0.3 is 0 Å². The van der Waals surface area contributed by atoms with Crippen molar-refractivity contribution in [3.8, 4) is 12.3 Å². The third kappa shape index (κ3) is 1.97. The van der Waals surface area contributed by atoms with Gasteiger partial charge in [-0.3, -0.25) is 4.79 Å². The summed E-state index contributed by atoms with van der Waals surface area (Å²) >= 11 is 0. The minimum Gasteiger partial charge on any atom is -0.377 e. The fourth-order valence-corrected chi connectivity index (χ4v) is 7.37. The van der Waals surface area contributed by atoms with Gasteiger partial charge in [0.05, 0.1) is 0 Å². The molecule has 0 aliphatic heterocycles. The molecular formula is C22H30O2. The Morgan fingerprint density at radius 3 is 2.79 bits per heavy atom. The number of terminal acetylenes is 1. The van der Waals surface area contributed by atoms with E-state index in [4.69, 9.17) is 6.42 Å². The van der Waals surface area contributed by atoms with Gasteiger partial charge < -0.3 is 5.11 Å². The second-order valence-electron chi connectivity index (χ2n) is 8.97. The van der Waals surface area contributed by atoms with Crippen LogP contribution in [-0.4, -0.2) is 16.5 Å². The van der Waals surface area contributed by atoms with Crippen molar-refractivity contribution in [2.45, 2.75) is 70.3 Å². The van der Waals surface area contributed by atoms with E-state index >= 15 is 0 Å². The molecular weight excluding hydrogens is 296 g/mol. The van der Waals surface area contributed by atoms with Gasteiger partial charge in [-0.25, -0.2) is 0 Å². The van der Waals surface area contributed by atoms with Crippen molar-refractivity contribution in [1.82, 2.24) is 0 Å². The number of ketones is 1. The van der Waals surface area contributed by atoms with Crippen LogP contribution in [0.25, 0.3) is 0 Å². The van der Waals surface area contributed by atoms with E-state index in [1.165, 1.54) is 18.4 Å². The van der Waals surface area contributed by atoms with Gasteiger partial charge in [-0.05, 0) is 74.5 Å². The lowest BCUT2D eigenvalue weighted by Crippen LogP contribution is -2.55. The fraction of sp³-hybridized carbons (Fsp3) is 0.773. The Kier molecular flexibility index (Phi) is 3.73. The van der Waals surface area contributed by atoms with Gasteiger partial charge in [0.2, 0.25) is 0 Å². The Morgan fingerprint density at radius 2 is 2.08 bits per heavy atom. The SMILES string of the molecule is C#C[C@]1(O)CC[C@H]2[C@@H]3CC[C@H]4CC(=O)CC[C@@H]4[C@H]3C(=C)C[C@@]21CC. The Balaban J connectivity index is 1.70. The zero-order valence-electron chi connectivity index (χ0n) is 14.9. The number of aliphatic hydroxyl groups is 1. The molecule has 0 aromatic rings. The summed E-state index contributed by atoms with van der Waals surface area (Å²) in [6.45, 7) is 6.69. The normalized spacial score (nSPS) is 50.6. The highest BCUT2D eigenvalue weighted by Crippen LogP contribution is 2.67. The number of allylic oxidation sites excluding steroid dienone is 1. The van der Waals surface area contributed by atoms with Crippen molar-refractivity contribution < 1.29 is 9.90 Å². The highest BCUT2D eigenvalue weighted by molar-refractivity contribution is 5.79. The molecule has 4 fully saturated rings. The number of hydrogen-bond acceptors (Lipinski definition) is 2. The van der Waals surface area contributed by atoms with Crippen molar-refractivity contribution in [2.24, 2.45) is 35.0 Å². The van der Waals surface area contributed by atoms with E-state index in [1.807, 2.05) is 0 Å². The van der Waals surface area contributed by atoms with Crippen LogP contribution in [0, 0.1) is 47.3 Å². The molecule has 0 radical (unpaired) electrons. The first-order chi connectivity index (χ1) is 11.5. The van der Waals surface area contributed by atoms with Crippen molar-refractivity contribution >= 4 is 5.78 Å². The smallest absolute Gasteiger partial charge is 0.133 e. The molecule has 7 atom stereocenters. The predicted octanol–water partition coefficient (Wildman–Crippen LogP) is 4.13. The largest absolute Gasteiger partial charge is 0.377 e. The first-order valence-electron chi connectivity index (χ1n) is 9.85. The molecule has 0 unspecified atom stereocenters. The fourth-order valence-electron chi connectivity index (χ4n) is 7.37. The lowest BCUT2D eigenvalue weighted by molar-refractivity contribution is -0.127. The summed E-state index contributed by atoms with van der Waals surface area (Å²) in [5.41, 5.74) is 0.189. The molecule has 0 aromatic heterocycles. The summed E-state index contributed by atoms with van der Waals surface area (Å²) in [5, 5.41) is 11.2. The topological polar surface area (TPSA) is 37.3 Å². The third-order valence-electron chi connectivity index (χ3n) is 8.40. The van der Waals surface area contributed by atoms with Crippen LogP contribution in [0.15, 0.2) is 12.2 Å². The number of carbonyl (C=O) groups excluding carboxylic acids is 1. The van der Waals surface area contributed by atoms with Crippen molar-refractivity contribution in [2.75, 3.05) is 0 Å². The Labute approximate surface area is 146 Å². The molecule has 0 saturated heterocycles. The minimum atomic E-state index is -0.959. The maximum Gasteiger partial charge on any atom is 0.133 e. The molecule has 0 aromatic carbocycles. The Bertz CT molecular complexity index is 614. The van der Waals surface area contributed by atoms with Gasteiger partial charge in [0, 0.05) is 18.3 Å². The highest BCUT2D eigenvalue weighted by atomic mass is 16.3. The molecule has 2 nitrogen and oxygen atoms in total. The van der Waals surface area contributed by atoms with Gasteiger partial charge in [0.15, 0.2) is 0 Å². The van der Waals surface area contributed by atoms with Gasteiger partial charge in [0.25, 0.3) is 0 Å². The predicted molar refractivity (Wildman–Crippen MR) is 95.0 cm³/mol. The van der Waals surface area contributed by atoms with Gasteiger partial charge in [0.1, 0.15) is 11.4 Å². The zero-order valence-corrected chi connectivity index (χ0v) is 14.9. The minimum absolute atomic E-state index is 0.169. The zero-order chi connectivity index (χ0) is 17.1. The molecule has 0 spiro atoms. The van der Waals surface area contributed by atoms with Crippen LogP contribution < -0.4 is 0 Å². The van der Waals surface area contributed by atoms with Gasteiger partial charge in [-0.15, -0.1) is 6.42 Å². The Hall–Kier alpha value is -1.07. The molecule has 130 valence electrons. The van der Waals surface area contributed by atoms with Crippen molar-refractivity contribution in [3.63, 3.8) is 0 Å². The van der Waals surface area contributed by atoms with Crippen LogP contribution in [0.5, 0.6) is 0 Å². The summed E-state index contributed by atoms with van der Waals surface area (Å²) in [4.78, 5) is 11.9.